The van der Waals surface area contributed by atoms with Gasteiger partial charge in [-0.1, -0.05) is 11.6 Å². The monoisotopic (exact) mass is 426 g/mol. The number of nitrogens with one attached hydrogen (secondary N) is 1. The number of aliphatic hydroxyl groups excluding tert-OH is 1. The number of halogens is 1. The summed E-state index contributed by atoms with van der Waals surface area (Å²) in [5.74, 6) is 0. The molecule has 9 heteroatoms. The number of aromatic nitrogens is 1. The van der Waals surface area contributed by atoms with Crippen molar-refractivity contribution in [2.75, 3.05) is 5.32 Å². The van der Waals surface area contributed by atoms with Gasteiger partial charge in [0.05, 0.1) is 11.1 Å². The summed E-state index contributed by atoms with van der Waals surface area (Å²) in [7, 11) is 0. The second-order valence-corrected chi connectivity index (χ2v) is 9.04. The molecular formula is C20H27ClN2O6. The van der Waals surface area contributed by atoms with Crippen LogP contribution in [0.5, 0.6) is 0 Å². The molecule has 1 aromatic heterocycles. The number of nitrogens with zero attached hydrogens (tertiary/aromatic N) is 1. The minimum atomic E-state index is -1.46. The molecule has 0 radical (unpaired) electrons. The fourth-order valence-electron chi connectivity index (χ4n) is 2.61. The number of anilines is 1. The van der Waals surface area contributed by atoms with Crippen LogP contribution in [0.1, 0.15) is 47.1 Å². The first-order valence-corrected chi connectivity index (χ1v) is 9.44. The van der Waals surface area contributed by atoms with E-state index in [0.29, 0.717) is 21.5 Å². The van der Waals surface area contributed by atoms with Gasteiger partial charge in [0.15, 0.2) is 0 Å². The van der Waals surface area contributed by atoms with Crippen LogP contribution in [-0.4, -0.2) is 33.6 Å². The van der Waals surface area contributed by atoms with Gasteiger partial charge in [-0.05, 0) is 72.2 Å². The van der Waals surface area contributed by atoms with Gasteiger partial charge in [0.25, 0.3) is 0 Å². The fourth-order valence-corrected chi connectivity index (χ4v) is 2.89. The van der Waals surface area contributed by atoms with Crippen molar-refractivity contribution in [1.29, 1.82) is 0 Å². The molecule has 1 unspecified atom stereocenters. The number of benzene rings is 1. The smallest absolute Gasteiger partial charge is 0.427 e. The summed E-state index contributed by atoms with van der Waals surface area (Å²) >= 11 is 6.14. The van der Waals surface area contributed by atoms with Crippen molar-refractivity contribution in [2.45, 2.75) is 66.1 Å². The highest BCUT2D eigenvalue weighted by Gasteiger charge is 2.23. The summed E-state index contributed by atoms with van der Waals surface area (Å²) in [6.07, 6.45) is -2.51. The van der Waals surface area contributed by atoms with E-state index >= 15 is 0 Å². The van der Waals surface area contributed by atoms with E-state index in [1.165, 1.54) is 6.07 Å². The maximum atomic E-state index is 13.0. The van der Waals surface area contributed by atoms with Crippen molar-refractivity contribution < 1.29 is 24.2 Å². The molecule has 0 spiro atoms. The van der Waals surface area contributed by atoms with Crippen molar-refractivity contribution in [1.82, 2.24) is 4.73 Å². The van der Waals surface area contributed by atoms with Crippen molar-refractivity contribution in [3.8, 4) is 0 Å². The molecule has 1 heterocycles. The fraction of sp³-hybridized carbons (Fsp3) is 0.500. The Morgan fingerprint density at radius 3 is 2.31 bits per heavy atom. The van der Waals surface area contributed by atoms with Crippen LogP contribution in [0.4, 0.5) is 10.5 Å². The van der Waals surface area contributed by atoms with Gasteiger partial charge in [-0.25, -0.2) is 4.79 Å². The van der Waals surface area contributed by atoms with Gasteiger partial charge in [-0.15, -0.1) is 4.73 Å². The number of rotatable bonds is 4. The van der Waals surface area contributed by atoms with Gasteiger partial charge < -0.3 is 19.9 Å². The van der Waals surface area contributed by atoms with E-state index in [-0.39, 0.29) is 5.69 Å². The second kappa shape index (κ2) is 8.22. The quantitative estimate of drug-likeness (QED) is 0.566. The van der Waals surface area contributed by atoms with Gasteiger partial charge in [0, 0.05) is 10.4 Å². The Balaban J connectivity index is 2.56. The lowest BCUT2D eigenvalue weighted by molar-refractivity contribution is -0.148. The molecule has 29 heavy (non-hydrogen) atoms. The number of aryl methyl sites for hydroxylation is 1. The second-order valence-electron chi connectivity index (χ2n) is 8.60. The Kier molecular flexibility index (Phi) is 6.51. The number of carbonyl (C=O) groups is 1. The molecule has 2 rings (SSSR count). The molecule has 0 bridgehead atoms. The van der Waals surface area contributed by atoms with Gasteiger partial charge in [-0.2, -0.15) is 0 Å². The van der Waals surface area contributed by atoms with Crippen molar-refractivity contribution >= 4 is 34.3 Å². The number of aliphatic hydroxyl groups is 1. The minimum absolute atomic E-state index is 0.0422. The first-order chi connectivity index (χ1) is 13.2. The van der Waals surface area contributed by atoms with E-state index in [1.807, 2.05) is 0 Å². The molecule has 0 aliphatic carbocycles. The maximum absolute atomic E-state index is 13.0. The summed E-state index contributed by atoms with van der Waals surface area (Å²) in [4.78, 5) is 30.4. The molecule has 1 atom stereocenters. The SMILES string of the molecule is Cc1cc(Cl)cc2cc(NC(O)OC(C)(C)C)c(=O)n(OC(=O)OC(C)(C)C)c12. The van der Waals surface area contributed by atoms with Crippen LogP contribution in [0.25, 0.3) is 10.9 Å². The van der Waals surface area contributed by atoms with Crippen LogP contribution in [0.15, 0.2) is 23.0 Å². The largest absolute Gasteiger partial charge is 0.534 e. The summed E-state index contributed by atoms with van der Waals surface area (Å²) in [5, 5.41) is 13.7. The van der Waals surface area contributed by atoms with Crippen LogP contribution < -0.4 is 15.7 Å². The predicted octanol–water partition coefficient (Wildman–Crippen LogP) is 3.83. The normalized spacial score (nSPS) is 13.3. The topological polar surface area (TPSA) is 99.0 Å². The lowest BCUT2D eigenvalue weighted by atomic mass is 10.1. The van der Waals surface area contributed by atoms with E-state index in [9.17, 15) is 14.7 Å². The zero-order valence-electron chi connectivity index (χ0n) is 17.6. The Morgan fingerprint density at radius 2 is 1.76 bits per heavy atom. The highest BCUT2D eigenvalue weighted by atomic mass is 35.5. The molecular weight excluding hydrogens is 400 g/mol. The average Bonchev–Trinajstić information content (AvgIpc) is 2.47. The van der Waals surface area contributed by atoms with E-state index < -0.39 is 29.3 Å². The molecule has 1 aromatic carbocycles. The molecule has 0 aliphatic rings. The summed E-state index contributed by atoms with van der Waals surface area (Å²) in [6, 6.07) is 4.75. The molecule has 0 fully saturated rings. The van der Waals surface area contributed by atoms with Gasteiger partial charge >= 0.3 is 11.7 Å². The van der Waals surface area contributed by atoms with Crippen LogP contribution >= 0.6 is 11.6 Å². The number of hydrogen-bond donors (Lipinski definition) is 2. The number of carbonyl (C=O) groups excluding carboxylic acids is 1. The molecule has 0 aliphatic heterocycles. The van der Waals surface area contributed by atoms with Crippen LogP contribution in [0.3, 0.4) is 0 Å². The number of ether oxygens (including phenoxy) is 2. The van der Waals surface area contributed by atoms with Crippen LogP contribution in [0, 0.1) is 6.92 Å². The van der Waals surface area contributed by atoms with Crippen molar-refractivity contribution in [3.05, 3.63) is 39.1 Å². The summed E-state index contributed by atoms with van der Waals surface area (Å²) in [5.41, 5.74) is -1.24. The summed E-state index contributed by atoms with van der Waals surface area (Å²) < 4.78 is 11.4. The molecule has 0 amide bonds. The van der Waals surface area contributed by atoms with Gasteiger partial charge in [0.2, 0.25) is 6.41 Å². The van der Waals surface area contributed by atoms with Crippen LogP contribution in [-0.2, 0) is 9.47 Å². The summed E-state index contributed by atoms with van der Waals surface area (Å²) in [6.45, 7) is 12.0. The van der Waals surface area contributed by atoms with Crippen LogP contribution in [0.2, 0.25) is 5.02 Å². The molecule has 2 aromatic rings. The van der Waals surface area contributed by atoms with E-state index in [4.69, 9.17) is 25.9 Å². The Labute approximate surface area is 174 Å². The first kappa shape index (κ1) is 23.0. The zero-order chi connectivity index (χ0) is 22.1. The molecule has 8 nitrogen and oxygen atoms in total. The van der Waals surface area contributed by atoms with Crippen molar-refractivity contribution in [3.63, 3.8) is 0 Å². The number of fused-ring (bicyclic) bond motifs is 1. The number of hydrogen-bond acceptors (Lipinski definition) is 7. The van der Waals surface area contributed by atoms with Crippen molar-refractivity contribution in [2.24, 2.45) is 0 Å². The number of pyridine rings is 1. The third-order valence-electron chi connectivity index (χ3n) is 3.51. The Hall–Kier alpha value is -2.29. The first-order valence-electron chi connectivity index (χ1n) is 9.06. The lowest BCUT2D eigenvalue weighted by Crippen LogP contribution is -2.38. The lowest BCUT2D eigenvalue weighted by Gasteiger charge is -2.25. The average molecular weight is 427 g/mol. The predicted molar refractivity (Wildman–Crippen MR) is 111 cm³/mol. The van der Waals surface area contributed by atoms with Gasteiger partial charge in [-0.3, -0.25) is 9.63 Å². The van der Waals surface area contributed by atoms with E-state index in [2.05, 4.69) is 5.32 Å². The Bertz CT molecular complexity index is 972. The van der Waals surface area contributed by atoms with E-state index in [0.717, 1.165) is 4.73 Å². The van der Waals surface area contributed by atoms with E-state index in [1.54, 1.807) is 60.6 Å². The third-order valence-corrected chi connectivity index (χ3v) is 3.73. The molecule has 2 N–H and O–H groups in total. The third kappa shape index (κ3) is 6.35. The highest BCUT2D eigenvalue weighted by molar-refractivity contribution is 6.31. The molecule has 0 saturated heterocycles. The maximum Gasteiger partial charge on any atom is 0.534 e. The Morgan fingerprint density at radius 1 is 1.14 bits per heavy atom. The molecule has 0 saturated carbocycles. The standard InChI is InChI=1S/C20H27ClN2O6/c1-11-8-13(21)9-12-10-14(22-17(25)27-19(2,3)4)16(24)23(15(11)12)29-18(26)28-20(5,6)7/h8-10,17,22,25H,1-7H3. The molecule has 160 valence electrons. The highest BCUT2D eigenvalue weighted by Crippen LogP contribution is 2.25. The zero-order valence-corrected chi connectivity index (χ0v) is 18.4. The minimum Gasteiger partial charge on any atom is -0.427 e. The van der Waals surface area contributed by atoms with Gasteiger partial charge in [0.1, 0.15) is 11.3 Å².